The lowest BCUT2D eigenvalue weighted by molar-refractivity contribution is -0.121. The minimum absolute atomic E-state index is 0.198. The van der Waals surface area contributed by atoms with Crippen molar-refractivity contribution in [1.29, 1.82) is 0 Å². The molecule has 140 valence electrons. The average Bonchev–Trinajstić information content (AvgIpc) is 3.14. The fourth-order valence-corrected chi connectivity index (χ4v) is 3.97. The minimum Gasteiger partial charge on any atom is -0.356 e. The van der Waals surface area contributed by atoms with Gasteiger partial charge in [-0.2, -0.15) is 4.37 Å². The Bertz CT molecular complexity index is 680. The van der Waals surface area contributed by atoms with Crippen LogP contribution in [-0.2, 0) is 11.2 Å². The number of anilines is 1. The molecule has 1 amide bonds. The zero-order valence-corrected chi connectivity index (χ0v) is 16.3. The standard InChI is InChI=1S/C20H28N4OS/c1-2-3-9-19(25)21-15-17-10-12-24(13-11-17)20-22-18(23-26-20)14-16-7-5-4-6-8-16/h4-8,17H,2-3,9-15H2,1H3,(H,21,25). The zero-order valence-electron chi connectivity index (χ0n) is 15.5. The molecule has 1 aromatic carbocycles. The quantitative estimate of drug-likeness (QED) is 0.768. The van der Waals surface area contributed by atoms with Gasteiger partial charge in [-0.1, -0.05) is 43.7 Å². The Kier molecular flexibility index (Phi) is 7.00. The van der Waals surface area contributed by atoms with Gasteiger partial charge in [0, 0.05) is 44.0 Å². The number of carbonyl (C=O) groups is 1. The third-order valence-corrected chi connectivity index (χ3v) is 5.71. The Hall–Kier alpha value is -1.95. The predicted octanol–water partition coefficient (Wildman–Crippen LogP) is 3.65. The number of carbonyl (C=O) groups excluding carboxylic acids is 1. The number of piperidine rings is 1. The maximum Gasteiger partial charge on any atom is 0.220 e. The van der Waals surface area contributed by atoms with Crippen LogP contribution in [0.2, 0.25) is 0 Å². The van der Waals surface area contributed by atoms with Gasteiger partial charge in [-0.15, -0.1) is 0 Å². The van der Waals surface area contributed by atoms with Crippen molar-refractivity contribution in [1.82, 2.24) is 14.7 Å². The Morgan fingerprint density at radius 1 is 1.27 bits per heavy atom. The monoisotopic (exact) mass is 372 g/mol. The normalized spacial score (nSPS) is 15.2. The van der Waals surface area contributed by atoms with Crippen LogP contribution in [0, 0.1) is 5.92 Å². The van der Waals surface area contributed by atoms with Crippen LogP contribution in [0.4, 0.5) is 5.13 Å². The van der Waals surface area contributed by atoms with E-state index in [-0.39, 0.29) is 5.91 Å². The largest absolute Gasteiger partial charge is 0.356 e. The van der Waals surface area contributed by atoms with Gasteiger partial charge >= 0.3 is 0 Å². The van der Waals surface area contributed by atoms with E-state index in [1.807, 2.05) is 6.07 Å². The van der Waals surface area contributed by atoms with Gasteiger partial charge in [-0.25, -0.2) is 4.98 Å². The van der Waals surface area contributed by atoms with Crippen molar-refractivity contribution in [2.24, 2.45) is 5.92 Å². The predicted molar refractivity (Wildman–Crippen MR) is 107 cm³/mol. The second-order valence-electron chi connectivity index (χ2n) is 6.99. The Morgan fingerprint density at radius 2 is 2.04 bits per heavy atom. The van der Waals surface area contributed by atoms with Gasteiger partial charge < -0.3 is 10.2 Å². The van der Waals surface area contributed by atoms with Crippen LogP contribution in [0.5, 0.6) is 0 Å². The molecule has 0 bridgehead atoms. The second-order valence-corrected chi connectivity index (χ2v) is 7.72. The molecule has 2 aromatic rings. The van der Waals surface area contributed by atoms with E-state index in [0.29, 0.717) is 12.3 Å². The summed E-state index contributed by atoms with van der Waals surface area (Å²) in [6, 6.07) is 10.4. The molecule has 0 unspecified atom stereocenters. The number of hydrogen-bond donors (Lipinski definition) is 1. The molecule has 1 N–H and O–H groups in total. The van der Waals surface area contributed by atoms with Gasteiger partial charge in [0.2, 0.25) is 11.0 Å². The summed E-state index contributed by atoms with van der Waals surface area (Å²) in [7, 11) is 0. The van der Waals surface area contributed by atoms with E-state index in [1.165, 1.54) is 17.1 Å². The van der Waals surface area contributed by atoms with E-state index in [2.05, 4.69) is 45.8 Å². The van der Waals surface area contributed by atoms with Crippen molar-refractivity contribution in [3.63, 3.8) is 0 Å². The van der Waals surface area contributed by atoms with Crippen molar-refractivity contribution < 1.29 is 4.79 Å². The Morgan fingerprint density at radius 3 is 2.77 bits per heavy atom. The van der Waals surface area contributed by atoms with Gasteiger partial charge in [-0.3, -0.25) is 4.79 Å². The molecule has 1 aromatic heterocycles. The van der Waals surface area contributed by atoms with Crippen LogP contribution in [-0.4, -0.2) is 34.9 Å². The van der Waals surface area contributed by atoms with Crippen molar-refractivity contribution in [2.45, 2.75) is 45.4 Å². The van der Waals surface area contributed by atoms with Crippen molar-refractivity contribution in [3.8, 4) is 0 Å². The molecule has 1 fully saturated rings. The molecule has 5 nitrogen and oxygen atoms in total. The number of benzene rings is 1. The Labute approximate surface area is 160 Å². The molecule has 2 heterocycles. The molecule has 0 spiro atoms. The summed E-state index contributed by atoms with van der Waals surface area (Å²) >= 11 is 1.50. The van der Waals surface area contributed by atoms with E-state index in [9.17, 15) is 4.79 Å². The molecule has 1 saturated heterocycles. The number of amides is 1. The summed E-state index contributed by atoms with van der Waals surface area (Å²) < 4.78 is 4.53. The van der Waals surface area contributed by atoms with Crippen LogP contribution in [0.25, 0.3) is 0 Å². The van der Waals surface area contributed by atoms with Crippen LogP contribution in [0.15, 0.2) is 30.3 Å². The average molecular weight is 373 g/mol. The van der Waals surface area contributed by atoms with Gasteiger partial charge in [0.25, 0.3) is 0 Å². The van der Waals surface area contributed by atoms with Gasteiger partial charge in [0.15, 0.2) is 0 Å². The van der Waals surface area contributed by atoms with Crippen molar-refractivity contribution in [2.75, 3.05) is 24.5 Å². The van der Waals surface area contributed by atoms with Gasteiger partial charge in [0.1, 0.15) is 5.82 Å². The lowest BCUT2D eigenvalue weighted by Crippen LogP contribution is -2.38. The molecular formula is C20H28N4OS. The van der Waals surface area contributed by atoms with Crippen LogP contribution >= 0.6 is 11.5 Å². The highest BCUT2D eigenvalue weighted by Gasteiger charge is 2.22. The first-order chi connectivity index (χ1) is 12.7. The molecule has 0 atom stereocenters. The lowest BCUT2D eigenvalue weighted by atomic mass is 9.97. The van der Waals surface area contributed by atoms with Gasteiger partial charge in [0.05, 0.1) is 0 Å². The summed E-state index contributed by atoms with van der Waals surface area (Å²) in [5.74, 6) is 1.68. The summed E-state index contributed by atoms with van der Waals surface area (Å²) in [5.41, 5.74) is 1.24. The molecule has 26 heavy (non-hydrogen) atoms. The van der Waals surface area contributed by atoms with Crippen LogP contribution in [0.1, 0.15) is 50.4 Å². The van der Waals surface area contributed by atoms with Crippen LogP contribution < -0.4 is 10.2 Å². The van der Waals surface area contributed by atoms with E-state index in [1.54, 1.807) is 0 Å². The molecule has 1 aliphatic rings. The van der Waals surface area contributed by atoms with Crippen LogP contribution in [0.3, 0.4) is 0 Å². The minimum atomic E-state index is 0.198. The molecular weight excluding hydrogens is 344 g/mol. The molecule has 0 aliphatic carbocycles. The summed E-state index contributed by atoms with van der Waals surface area (Å²) in [6.45, 7) is 4.92. The summed E-state index contributed by atoms with van der Waals surface area (Å²) in [5, 5.41) is 4.12. The maximum atomic E-state index is 11.7. The first kappa shape index (κ1) is 18.8. The molecule has 6 heteroatoms. The SMILES string of the molecule is CCCCC(=O)NCC1CCN(c2nc(Cc3ccccc3)ns2)CC1. The lowest BCUT2D eigenvalue weighted by Gasteiger charge is -2.31. The zero-order chi connectivity index (χ0) is 18.2. The van der Waals surface area contributed by atoms with Crippen molar-refractivity contribution in [3.05, 3.63) is 41.7 Å². The Balaban J connectivity index is 1.43. The van der Waals surface area contributed by atoms with E-state index >= 15 is 0 Å². The molecule has 3 rings (SSSR count). The van der Waals surface area contributed by atoms with Crippen molar-refractivity contribution >= 4 is 22.6 Å². The van der Waals surface area contributed by atoms with E-state index < -0.39 is 0 Å². The second kappa shape index (κ2) is 9.67. The highest BCUT2D eigenvalue weighted by Crippen LogP contribution is 2.25. The third kappa shape index (κ3) is 5.53. The number of unbranched alkanes of at least 4 members (excludes halogenated alkanes) is 1. The fourth-order valence-electron chi connectivity index (χ4n) is 3.24. The number of nitrogens with zero attached hydrogens (tertiary/aromatic N) is 3. The molecule has 0 saturated carbocycles. The smallest absolute Gasteiger partial charge is 0.220 e. The highest BCUT2D eigenvalue weighted by molar-refractivity contribution is 7.09. The molecule has 0 radical (unpaired) electrons. The number of rotatable bonds is 8. The first-order valence-corrected chi connectivity index (χ1v) is 10.4. The summed E-state index contributed by atoms with van der Waals surface area (Å²) in [4.78, 5) is 18.8. The highest BCUT2D eigenvalue weighted by atomic mass is 32.1. The van der Waals surface area contributed by atoms with E-state index in [4.69, 9.17) is 4.98 Å². The maximum absolute atomic E-state index is 11.7. The summed E-state index contributed by atoms with van der Waals surface area (Å²) in [6.07, 6.45) is 5.69. The third-order valence-electron chi connectivity index (χ3n) is 4.89. The van der Waals surface area contributed by atoms with E-state index in [0.717, 1.165) is 62.7 Å². The molecule has 1 aliphatic heterocycles. The first-order valence-electron chi connectivity index (χ1n) is 9.62. The number of hydrogen-bond acceptors (Lipinski definition) is 5. The van der Waals surface area contributed by atoms with Gasteiger partial charge in [-0.05, 0) is 30.7 Å². The fraction of sp³-hybridized carbons (Fsp3) is 0.550. The number of aromatic nitrogens is 2. The number of nitrogens with one attached hydrogen (secondary N) is 1. The topological polar surface area (TPSA) is 58.1 Å².